The Balaban J connectivity index is 2.00. The van der Waals surface area contributed by atoms with Crippen molar-refractivity contribution in [2.75, 3.05) is 20.6 Å². The minimum Gasteiger partial charge on any atom is -0.489 e. The molecule has 2 rings (SSSR count). The maximum Gasteiger partial charge on any atom is 0.122 e. The smallest absolute Gasteiger partial charge is 0.122 e. The number of aryl methyl sites for hydroxylation is 1. The van der Waals surface area contributed by atoms with Gasteiger partial charge in [-0.25, -0.2) is 0 Å². The molecule has 0 bridgehead atoms. The minimum atomic E-state index is 0.445. The van der Waals surface area contributed by atoms with Gasteiger partial charge in [-0.1, -0.05) is 47.5 Å². The van der Waals surface area contributed by atoms with Crippen LogP contribution in [0.2, 0.25) is 10.0 Å². The molecule has 0 atom stereocenters. The van der Waals surface area contributed by atoms with Crippen molar-refractivity contribution in [3.05, 3.63) is 63.6 Å². The summed E-state index contributed by atoms with van der Waals surface area (Å²) < 4.78 is 5.96. The summed E-state index contributed by atoms with van der Waals surface area (Å²) in [5, 5.41) is 1.27. The highest BCUT2D eigenvalue weighted by Gasteiger charge is 2.06. The first-order chi connectivity index (χ1) is 10.6. The molecule has 0 aliphatic rings. The molecule has 118 valence electrons. The van der Waals surface area contributed by atoms with Crippen LogP contribution in [0.1, 0.15) is 17.5 Å². The molecule has 2 aromatic carbocycles. The van der Waals surface area contributed by atoms with Crippen LogP contribution in [0.4, 0.5) is 0 Å². The van der Waals surface area contributed by atoms with Crippen LogP contribution < -0.4 is 4.74 Å². The largest absolute Gasteiger partial charge is 0.489 e. The lowest BCUT2D eigenvalue weighted by Crippen LogP contribution is -2.13. The molecular weight excluding hydrogens is 317 g/mol. The van der Waals surface area contributed by atoms with Crippen LogP contribution in [-0.2, 0) is 13.0 Å². The lowest BCUT2D eigenvalue weighted by molar-refractivity contribution is 0.302. The van der Waals surface area contributed by atoms with E-state index < -0.39 is 0 Å². The van der Waals surface area contributed by atoms with E-state index in [4.69, 9.17) is 27.9 Å². The minimum absolute atomic E-state index is 0.445. The molecule has 0 radical (unpaired) electrons. The number of halogens is 2. The highest BCUT2D eigenvalue weighted by Crippen LogP contribution is 2.25. The molecule has 0 saturated heterocycles. The topological polar surface area (TPSA) is 12.5 Å². The van der Waals surface area contributed by atoms with Gasteiger partial charge in [-0.2, -0.15) is 0 Å². The van der Waals surface area contributed by atoms with Crippen molar-refractivity contribution in [1.82, 2.24) is 4.90 Å². The molecule has 0 aliphatic carbocycles. The van der Waals surface area contributed by atoms with Crippen molar-refractivity contribution in [3.8, 4) is 5.75 Å². The van der Waals surface area contributed by atoms with Gasteiger partial charge in [0, 0.05) is 15.6 Å². The third-order valence-corrected chi connectivity index (χ3v) is 4.01. The molecule has 0 unspecified atom stereocenters. The normalized spacial score (nSPS) is 11.0. The Hall–Kier alpha value is -1.22. The van der Waals surface area contributed by atoms with E-state index in [-0.39, 0.29) is 0 Å². The number of hydrogen-bond donors (Lipinski definition) is 0. The quantitative estimate of drug-likeness (QED) is 0.699. The molecule has 0 fully saturated rings. The number of nitrogens with zero attached hydrogens (tertiary/aromatic N) is 1. The van der Waals surface area contributed by atoms with Gasteiger partial charge in [0.15, 0.2) is 0 Å². The number of benzene rings is 2. The molecule has 0 aromatic heterocycles. The third-order valence-electron chi connectivity index (χ3n) is 3.42. The first-order valence-electron chi connectivity index (χ1n) is 7.35. The van der Waals surface area contributed by atoms with Gasteiger partial charge in [0.25, 0.3) is 0 Å². The standard InChI is InChI=1S/C18H21Cl2NO/c1-21(2)11-5-7-14-6-3-4-8-18(14)22-13-15-9-10-16(19)12-17(15)20/h3-4,6,8-10,12H,5,7,11,13H2,1-2H3. The zero-order valence-corrected chi connectivity index (χ0v) is 14.5. The lowest BCUT2D eigenvalue weighted by atomic mass is 10.1. The van der Waals surface area contributed by atoms with Crippen LogP contribution in [0.5, 0.6) is 5.75 Å². The van der Waals surface area contributed by atoms with E-state index >= 15 is 0 Å². The second kappa shape index (κ2) is 8.42. The van der Waals surface area contributed by atoms with Crippen LogP contribution in [0.3, 0.4) is 0 Å². The van der Waals surface area contributed by atoms with Crippen molar-refractivity contribution in [2.45, 2.75) is 19.4 Å². The first kappa shape index (κ1) is 17.1. The summed E-state index contributed by atoms with van der Waals surface area (Å²) in [7, 11) is 4.18. The summed E-state index contributed by atoms with van der Waals surface area (Å²) in [5.74, 6) is 0.923. The van der Waals surface area contributed by atoms with Gasteiger partial charge >= 0.3 is 0 Å². The monoisotopic (exact) mass is 337 g/mol. The van der Waals surface area contributed by atoms with Crippen LogP contribution in [0.25, 0.3) is 0 Å². The zero-order chi connectivity index (χ0) is 15.9. The molecule has 0 aliphatic heterocycles. The second-order valence-electron chi connectivity index (χ2n) is 5.54. The van der Waals surface area contributed by atoms with Gasteiger partial charge in [0.1, 0.15) is 12.4 Å². The summed E-state index contributed by atoms with van der Waals surface area (Å²) in [6.45, 7) is 1.51. The van der Waals surface area contributed by atoms with Crippen molar-refractivity contribution in [1.29, 1.82) is 0 Å². The van der Waals surface area contributed by atoms with E-state index in [9.17, 15) is 0 Å². The van der Waals surface area contributed by atoms with Crippen LogP contribution >= 0.6 is 23.2 Å². The first-order valence-corrected chi connectivity index (χ1v) is 8.11. The Morgan fingerprint density at radius 3 is 2.50 bits per heavy atom. The van der Waals surface area contributed by atoms with Crippen LogP contribution in [-0.4, -0.2) is 25.5 Å². The number of ether oxygens (including phenoxy) is 1. The van der Waals surface area contributed by atoms with E-state index in [1.54, 1.807) is 6.07 Å². The van der Waals surface area contributed by atoms with Gasteiger partial charge in [0.05, 0.1) is 0 Å². The fraction of sp³-hybridized carbons (Fsp3) is 0.333. The molecule has 0 heterocycles. The SMILES string of the molecule is CN(C)CCCc1ccccc1OCc1ccc(Cl)cc1Cl. The van der Waals surface area contributed by atoms with Crippen molar-refractivity contribution < 1.29 is 4.74 Å². The van der Waals surface area contributed by atoms with Gasteiger partial charge in [-0.05, 0) is 57.2 Å². The Labute approximate surface area is 142 Å². The zero-order valence-electron chi connectivity index (χ0n) is 13.0. The highest BCUT2D eigenvalue weighted by molar-refractivity contribution is 6.35. The second-order valence-corrected chi connectivity index (χ2v) is 6.38. The lowest BCUT2D eigenvalue weighted by Gasteiger charge is -2.14. The van der Waals surface area contributed by atoms with Crippen molar-refractivity contribution in [3.63, 3.8) is 0 Å². The predicted octanol–water partition coefficient (Wildman–Crippen LogP) is 5.07. The number of para-hydroxylation sites is 1. The van der Waals surface area contributed by atoms with Gasteiger partial charge in [0.2, 0.25) is 0 Å². The van der Waals surface area contributed by atoms with Crippen LogP contribution in [0.15, 0.2) is 42.5 Å². The maximum absolute atomic E-state index is 6.18. The highest BCUT2D eigenvalue weighted by atomic mass is 35.5. The Bertz CT molecular complexity index is 614. The Kier molecular flexibility index (Phi) is 6.56. The van der Waals surface area contributed by atoms with E-state index in [1.165, 1.54) is 5.56 Å². The molecule has 2 nitrogen and oxygen atoms in total. The van der Waals surface area contributed by atoms with E-state index in [1.807, 2.05) is 30.3 Å². The van der Waals surface area contributed by atoms with Crippen LogP contribution in [0, 0.1) is 0 Å². The van der Waals surface area contributed by atoms with Gasteiger partial charge < -0.3 is 9.64 Å². The van der Waals surface area contributed by atoms with E-state index in [2.05, 4.69) is 25.1 Å². The molecule has 0 spiro atoms. The number of rotatable bonds is 7. The maximum atomic E-state index is 6.18. The average molecular weight is 338 g/mol. The molecule has 0 saturated carbocycles. The molecular formula is C18H21Cl2NO. The summed E-state index contributed by atoms with van der Waals surface area (Å²) in [4.78, 5) is 2.19. The Morgan fingerprint density at radius 2 is 1.77 bits per heavy atom. The van der Waals surface area contributed by atoms with Gasteiger partial charge in [-0.3, -0.25) is 0 Å². The summed E-state index contributed by atoms with van der Waals surface area (Å²) in [5.41, 5.74) is 2.17. The summed E-state index contributed by atoms with van der Waals surface area (Å²) in [6, 6.07) is 13.6. The summed E-state index contributed by atoms with van der Waals surface area (Å²) >= 11 is 12.1. The molecule has 4 heteroatoms. The summed E-state index contributed by atoms with van der Waals surface area (Å²) in [6.07, 6.45) is 2.11. The van der Waals surface area contributed by atoms with Crippen molar-refractivity contribution >= 4 is 23.2 Å². The molecule has 0 N–H and O–H groups in total. The average Bonchev–Trinajstić information content (AvgIpc) is 2.47. The Morgan fingerprint density at radius 1 is 1.00 bits per heavy atom. The predicted molar refractivity (Wildman–Crippen MR) is 94.1 cm³/mol. The number of hydrogen-bond acceptors (Lipinski definition) is 2. The van der Waals surface area contributed by atoms with E-state index in [0.29, 0.717) is 16.7 Å². The molecule has 0 amide bonds. The van der Waals surface area contributed by atoms with E-state index in [0.717, 1.165) is 30.7 Å². The van der Waals surface area contributed by atoms with Gasteiger partial charge in [-0.15, -0.1) is 0 Å². The fourth-order valence-corrected chi connectivity index (χ4v) is 2.69. The third kappa shape index (κ3) is 5.20. The van der Waals surface area contributed by atoms with Crippen molar-refractivity contribution in [2.24, 2.45) is 0 Å². The fourth-order valence-electron chi connectivity index (χ4n) is 2.23. The molecule has 22 heavy (non-hydrogen) atoms. The molecule has 2 aromatic rings.